The largest absolute Gasteiger partial charge is 0.494 e. The number of carboxylic acids is 1. The number of aromatic carboxylic acids is 1. The third-order valence-electron chi connectivity index (χ3n) is 2.97. The average molecular weight is 336 g/mol. The van der Waals surface area contributed by atoms with Crippen LogP contribution >= 0.6 is 11.6 Å². The van der Waals surface area contributed by atoms with E-state index in [-0.39, 0.29) is 21.2 Å². The van der Waals surface area contributed by atoms with Crippen molar-refractivity contribution in [2.24, 2.45) is 0 Å². The Bertz CT molecular complexity index is 630. The molecule has 0 heterocycles. The number of ether oxygens (including phenoxy) is 1. The third kappa shape index (κ3) is 3.87. The van der Waals surface area contributed by atoms with Crippen LogP contribution in [0.4, 0.5) is 0 Å². The molecule has 0 spiro atoms. The Balaban J connectivity index is 3.44. The van der Waals surface area contributed by atoms with E-state index in [9.17, 15) is 13.2 Å². The minimum Gasteiger partial charge on any atom is -0.494 e. The molecule has 1 aromatic carbocycles. The van der Waals surface area contributed by atoms with Gasteiger partial charge in [-0.05, 0) is 18.6 Å². The van der Waals surface area contributed by atoms with Gasteiger partial charge in [-0.1, -0.05) is 24.9 Å². The molecular weight excluding hydrogens is 318 g/mol. The Labute approximate surface area is 129 Å². The molecular formula is C13H18ClNO5S. The van der Waals surface area contributed by atoms with Gasteiger partial charge in [0.05, 0.1) is 7.11 Å². The van der Waals surface area contributed by atoms with Gasteiger partial charge in [-0.3, -0.25) is 0 Å². The molecule has 0 aromatic heterocycles. The molecule has 1 N–H and O–H groups in total. The molecule has 21 heavy (non-hydrogen) atoms. The number of unbranched alkanes of at least 4 members (excludes halogenated alkanes) is 1. The van der Waals surface area contributed by atoms with Gasteiger partial charge in [0.15, 0.2) is 5.75 Å². The number of methoxy groups -OCH3 is 1. The van der Waals surface area contributed by atoms with Crippen molar-refractivity contribution < 1.29 is 23.1 Å². The molecule has 118 valence electrons. The van der Waals surface area contributed by atoms with Crippen LogP contribution in [0.5, 0.6) is 5.75 Å². The smallest absolute Gasteiger partial charge is 0.339 e. The van der Waals surface area contributed by atoms with Crippen LogP contribution in [0.25, 0.3) is 0 Å². The molecule has 0 bridgehead atoms. The topological polar surface area (TPSA) is 83.9 Å². The number of hydrogen-bond donors (Lipinski definition) is 1. The van der Waals surface area contributed by atoms with Crippen molar-refractivity contribution >= 4 is 27.6 Å². The van der Waals surface area contributed by atoms with Crippen LogP contribution in [0, 0.1) is 0 Å². The highest BCUT2D eigenvalue weighted by atomic mass is 35.5. The van der Waals surface area contributed by atoms with Crippen LogP contribution < -0.4 is 4.74 Å². The van der Waals surface area contributed by atoms with E-state index in [2.05, 4.69) is 0 Å². The standard InChI is InChI=1S/C13H18ClNO5S/c1-4-5-6-15(2)21(18,19)11-8-9(14)7-10(13(16)17)12(11)20-3/h7-8H,4-6H2,1-3H3,(H,16,17). The summed E-state index contributed by atoms with van der Waals surface area (Å²) in [6, 6.07) is 2.36. The first kappa shape index (κ1) is 17.7. The first-order chi connectivity index (χ1) is 9.75. The average Bonchev–Trinajstić information content (AvgIpc) is 2.43. The van der Waals surface area contributed by atoms with E-state index in [4.69, 9.17) is 21.4 Å². The summed E-state index contributed by atoms with van der Waals surface area (Å²) in [5, 5.41) is 9.17. The number of carbonyl (C=O) groups is 1. The Morgan fingerprint density at radius 3 is 2.52 bits per heavy atom. The first-order valence-electron chi connectivity index (χ1n) is 6.32. The predicted octanol–water partition coefficient (Wildman–Crippen LogP) is 2.47. The van der Waals surface area contributed by atoms with Crippen molar-refractivity contribution in [2.45, 2.75) is 24.7 Å². The molecule has 0 aliphatic carbocycles. The fourth-order valence-corrected chi connectivity index (χ4v) is 3.49. The molecule has 1 rings (SSSR count). The maximum absolute atomic E-state index is 12.5. The van der Waals surface area contributed by atoms with E-state index in [1.807, 2.05) is 6.92 Å². The molecule has 0 aliphatic rings. The second kappa shape index (κ2) is 7.11. The Kier molecular flexibility index (Phi) is 6.00. The van der Waals surface area contributed by atoms with Crippen molar-refractivity contribution in [1.82, 2.24) is 4.31 Å². The van der Waals surface area contributed by atoms with E-state index in [0.717, 1.165) is 16.8 Å². The molecule has 0 unspecified atom stereocenters. The maximum Gasteiger partial charge on any atom is 0.339 e. The van der Waals surface area contributed by atoms with E-state index < -0.39 is 16.0 Å². The van der Waals surface area contributed by atoms with Gasteiger partial charge < -0.3 is 9.84 Å². The minimum absolute atomic E-state index is 0.0238. The van der Waals surface area contributed by atoms with Gasteiger partial charge in [-0.2, -0.15) is 0 Å². The Hall–Kier alpha value is -1.31. The molecule has 0 amide bonds. The van der Waals surface area contributed by atoms with Crippen molar-refractivity contribution in [3.63, 3.8) is 0 Å². The van der Waals surface area contributed by atoms with Gasteiger partial charge in [-0.25, -0.2) is 17.5 Å². The molecule has 1 aromatic rings. The van der Waals surface area contributed by atoms with Crippen molar-refractivity contribution in [1.29, 1.82) is 0 Å². The molecule has 0 saturated carbocycles. The lowest BCUT2D eigenvalue weighted by Crippen LogP contribution is -2.28. The number of rotatable bonds is 7. The molecule has 6 nitrogen and oxygen atoms in total. The van der Waals surface area contributed by atoms with E-state index in [0.29, 0.717) is 13.0 Å². The van der Waals surface area contributed by atoms with Gasteiger partial charge in [0.2, 0.25) is 10.0 Å². The molecule has 0 saturated heterocycles. The number of nitrogens with zero attached hydrogens (tertiary/aromatic N) is 1. The first-order valence-corrected chi connectivity index (χ1v) is 8.14. The Morgan fingerprint density at radius 2 is 2.05 bits per heavy atom. The van der Waals surface area contributed by atoms with Gasteiger partial charge in [0.25, 0.3) is 0 Å². The number of benzene rings is 1. The highest BCUT2D eigenvalue weighted by Gasteiger charge is 2.28. The quantitative estimate of drug-likeness (QED) is 0.827. The summed E-state index contributed by atoms with van der Waals surface area (Å²) in [6.45, 7) is 2.28. The summed E-state index contributed by atoms with van der Waals surface area (Å²) >= 11 is 5.84. The highest BCUT2D eigenvalue weighted by Crippen LogP contribution is 2.33. The zero-order valence-electron chi connectivity index (χ0n) is 12.1. The predicted molar refractivity (Wildman–Crippen MR) is 79.7 cm³/mol. The lowest BCUT2D eigenvalue weighted by molar-refractivity contribution is 0.0693. The second-order valence-corrected chi connectivity index (χ2v) is 6.92. The summed E-state index contributed by atoms with van der Waals surface area (Å²) in [5.74, 6) is -1.52. The number of halogens is 1. The maximum atomic E-state index is 12.5. The Morgan fingerprint density at radius 1 is 1.43 bits per heavy atom. The lowest BCUT2D eigenvalue weighted by Gasteiger charge is -2.19. The minimum atomic E-state index is -3.87. The summed E-state index contributed by atoms with van der Waals surface area (Å²) in [4.78, 5) is 11.0. The van der Waals surface area contributed by atoms with Crippen molar-refractivity contribution in [2.75, 3.05) is 20.7 Å². The van der Waals surface area contributed by atoms with Gasteiger partial charge in [-0.15, -0.1) is 0 Å². The van der Waals surface area contributed by atoms with E-state index >= 15 is 0 Å². The fraction of sp³-hybridized carbons (Fsp3) is 0.462. The molecule has 8 heteroatoms. The van der Waals surface area contributed by atoms with Crippen LogP contribution in [0.1, 0.15) is 30.1 Å². The zero-order valence-corrected chi connectivity index (χ0v) is 13.7. The second-order valence-electron chi connectivity index (χ2n) is 4.47. The number of sulfonamides is 1. The molecule has 0 fully saturated rings. The molecule has 0 atom stereocenters. The van der Waals surface area contributed by atoms with Crippen LogP contribution in [0.3, 0.4) is 0 Å². The van der Waals surface area contributed by atoms with Gasteiger partial charge >= 0.3 is 5.97 Å². The van der Waals surface area contributed by atoms with Gasteiger partial charge in [0, 0.05) is 18.6 Å². The monoisotopic (exact) mass is 335 g/mol. The SMILES string of the molecule is CCCCN(C)S(=O)(=O)c1cc(Cl)cc(C(=O)O)c1OC. The normalized spacial score (nSPS) is 11.7. The zero-order chi connectivity index (χ0) is 16.2. The number of hydrogen-bond acceptors (Lipinski definition) is 4. The van der Waals surface area contributed by atoms with Crippen molar-refractivity contribution in [3.05, 3.63) is 22.7 Å². The summed E-state index contributed by atoms with van der Waals surface area (Å²) in [7, 11) is -1.21. The van der Waals surface area contributed by atoms with E-state index in [1.165, 1.54) is 20.2 Å². The summed E-state index contributed by atoms with van der Waals surface area (Å²) in [6.07, 6.45) is 1.54. The summed E-state index contributed by atoms with van der Waals surface area (Å²) < 4.78 is 31.2. The third-order valence-corrected chi connectivity index (χ3v) is 5.05. The van der Waals surface area contributed by atoms with Crippen LogP contribution in [0.2, 0.25) is 5.02 Å². The van der Waals surface area contributed by atoms with Crippen LogP contribution in [-0.4, -0.2) is 44.5 Å². The van der Waals surface area contributed by atoms with Crippen LogP contribution in [-0.2, 0) is 10.0 Å². The fourth-order valence-electron chi connectivity index (χ4n) is 1.80. The van der Waals surface area contributed by atoms with Crippen LogP contribution in [0.15, 0.2) is 17.0 Å². The lowest BCUT2D eigenvalue weighted by atomic mass is 10.2. The van der Waals surface area contributed by atoms with Crippen molar-refractivity contribution in [3.8, 4) is 5.75 Å². The molecule has 0 aliphatic heterocycles. The highest BCUT2D eigenvalue weighted by molar-refractivity contribution is 7.89. The summed E-state index contributed by atoms with van der Waals surface area (Å²) in [5.41, 5.74) is -0.285. The van der Waals surface area contributed by atoms with Gasteiger partial charge in [0.1, 0.15) is 10.5 Å². The molecule has 0 radical (unpaired) electrons. The number of carboxylic acid groups (broad SMARTS) is 1. The van der Waals surface area contributed by atoms with E-state index in [1.54, 1.807) is 0 Å².